The standard InChI is InChI=1S/C29H41N5O5S/c1-30-29(36)27(18-22(21-8-3-2-4-9-21)19-33-17-13-23(35)20-33)39-26-12-11-25(28-24(26)10-7-14-31-28)32-40(37,38)34-15-5-6-16-34/h2-4,8-9,11-12,22-23,27,31-32,35H,5-7,10,13-20H2,1H3,(H,30,36). The molecule has 218 valence electrons. The van der Waals surface area contributed by atoms with Gasteiger partial charge in [0.2, 0.25) is 0 Å². The van der Waals surface area contributed by atoms with Crippen LogP contribution in [0.5, 0.6) is 5.75 Å². The highest BCUT2D eigenvalue weighted by Gasteiger charge is 2.31. The van der Waals surface area contributed by atoms with Gasteiger partial charge in [-0.15, -0.1) is 0 Å². The Kier molecular flexibility index (Phi) is 9.14. The third kappa shape index (κ3) is 6.71. The molecule has 3 heterocycles. The van der Waals surface area contributed by atoms with Crippen LogP contribution in [-0.2, 0) is 21.4 Å². The Labute approximate surface area is 237 Å². The summed E-state index contributed by atoms with van der Waals surface area (Å²) in [6.07, 6.45) is 3.47. The summed E-state index contributed by atoms with van der Waals surface area (Å²) in [7, 11) is -2.03. The van der Waals surface area contributed by atoms with Crippen molar-refractivity contribution in [1.82, 2.24) is 14.5 Å². The van der Waals surface area contributed by atoms with Crippen molar-refractivity contribution in [2.75, 3.05) is 56.4 Å². The Hall–Kier alpha value is -2.86. The van der Waals surface area contributed by atoms with E-state index >= 15 is 0 Å². The van der Waals surface area contributed by atoms with Crippen molar-refractivity contribution in [1.29, 1.82) is 0 Å². The summed E-state index contributed by atoms with van der Waals surface area (Å²) in [5.74, 6) is 0.399. The molecule has 40 heavy (non-hydrogen) atoms. The van der Waals surface area contributed by atoms with Crippen molar-refractivity contribution < 1.29 is 23.1 Å². The Bertz CT molecular complexity index is 1270. The number of ether oxygens (including phenoxy) is 1. The smallest absolute Gasteiger partial charge is 0.301 e. The van der Waals surface area contributed by atoms with Gasteiger partial charge in [0.05, 0.1) is 17.5 Å². The molecule has 10 nitrogen and oxygen atoms in total. The van der Waals surface area contributed by atoms with Crippen molar-refractivity contribution >= 4 is 27.5 Å². The number of aliphatic hydroxyl groups is 1. The summed E-state index contributed by atoms with van der Waals surface area (Å²) in [6, 6.07) is 13.6. The number of nitrogens with one attached hydrogen (secondary N) is 3. The lowest BCUT2D eigenvalue weighted by molar-refractivity contribution is -0.128. The van der Waals surface area contributed by atoms with E-state index in [0.717, 1.165) is 56.4 Å². The van der Waals surface area contributed by atoms with Crippen LogP contribution in [0.4, 0.5) is 11.4 Å². The lowest BCUT2D eigenvalue weighted by Gasteiger charge is -2.30. The predicted molar refractivity (Wildman–Crippen MR) is 156 cm³/mol. The zero-order valence-electron chi connectivity index (χ0n) is 23.1. The van der Waals surface area contributed by atoms with Gasteiger partial charge in [0, 0.05) is 64.2 Å². The number of anilines is 2. The van der Waals surface area contributed by atoms with E-state index in [2.05, 4.69) is 32.4 Å². The maximum Gasteiger partial charge on any atom is 0.301 e. The van der Waals surface area contributed by atoms with Crippen LogP contribution < -0.4 is 20.1 Å². The molecule has 0 bridgehead atoms. The maximum atomic E-state index is 13.1. The highest BCUT2D eigenvalue weighted by Crippen LogP contribution is 2.39. The van der Waals surface area contributed by atoms with Gasteiger partial charge in [0.15, 0.2) is 6.10 Å². The van der Waals surface area contributed by atoms with Crippen molar-refractivity contribution in [3.63, 3.8) is 0 Å². The van der Waals surface area contributed by atoms with Crippen molar-refractivity contribution in [2.45, 2.75) is 56.7 Å². The number of hydrogen-bond acceptors (Lipinski definition) is 7. The Morgan fingerprint density at radius 1 is 1.12 bits per heavy atom. The average Bonchev–Trinajstić information content (AvgIpc) is 3.66. The molecule has 3 unspecified atom stereocenters. The van der Waals surface area contributed by atoms with Gasteiger partial charge in [-0.3, -0.25) is 9.52 Å². The number of rotatable bonds is 11. The molecule has 11 heteroatoms. The topological polar surface area (TPSA) is 123 Å². The van der Waals surface area contributed by atoms with E-state index < -0.39 is 16.3 Å². The van der Waals surface area contributed by atoms with Gasteiger partial charge < -0.3 is 25.4 Å². The molecular weight excluding hydrogens is 530 g/mol. The quantitative estimate of drug-likeness (QED) is 0.327. The molecule has 4 N–H and O–H groups in total. The normalized spacial score (nSPS) is 21.3. The first-order chi connectivity index (χ1) is 19.3. The molecule has 2 aromatic carbocycles. The van der Waals surface area contributed by atoms with Gasteiger partial charge >= 0.3 is 10.2 Å². The van der Waals surface area contributed by atoms with E-state index in [0.29, 0.717) is 49.6 Å². The van der Waals surface area contributed by atoms with Gasteiger partial charge in [0.25, 0.3) is 5.91 Å². The van der Waals surface area contributed by atoms with Gasteiger partial charge in [-0.2, -0.15) is 12.7 Å². The fourth-order valence-electron chi connectivity index (χ4n) is 6.00. The number of hydrogen-bond donors (Lipinski definition) is 4. The van der Waals surface area contributed by atoms with Crippen molar-refractivity contribution in [3.05, 3.63) is 53.6 Å². The van der Waals surface area contributed by atoms with E-state index in [4.69, 9.17) is 4.74 Å². The second-order valence-electron chi connectivity index (χ2n) is 11.0. The van der Waals surface area contributed by atoms with Gasteiger partial charge in [-0.1, -0.05) is 30.3 Å². The number of likely N-dealkylation sites (N-methyl/N-ethyl adjacent to an activating group) is 1. The van der Waals surface area contributed by atoms with Gasteiger partial charge in [-0.25, -0.2) is 0 Å². The first-order valence-electron chi connectivity index (χ1n) is 14.4. The number of nitrogens with zero attached hydrogens (tertiary/aromatic N) is 2. The molecule has 2 saturated heterocycles. The highest BCUT2D eigenvalue weighted by atomic mass is 32.2. The van der Waals surface area contributed by atoms with E-state index in [9.17, 15) is 18.3 Å². The number of β-amino-alcohol motifs (C(OH)–C–C–N with tert-alkyl or cyclic N) is 1. The van der Waals surface area contributed by atoms with E-state index in [1.54, 1.807) is 19.2 Å². The molecule has 3 aliphatic heterocycles. The number of benzene rings is 2. The molecule has 2 fully saturated rings. The van der Waals surface area contributed by atoms with Crippen LogP contribution in [-0.4, -0.2) is 87.2 Å². The minimum atomic E-state index is -3.65. The molecule has 0 radical (unpaired) electrons. The first kappa shape index (κ1) is 28.7. The fraction of sp³-hybridized carbons (Fsp3) is 0.552. The van der Waals surface area contributed by atoms with Crippen molar-refractivity contribution in [2.24, 2.45) is 0 Å². The zero-order chi connectivity index (χ0) is 28.1. The van der Waals surface area contributed by atoms with E-state index in [-0.39, 0.29) is 17.9 Å². The van der Waals surface area contributed by atoms with Crippen LogP contribution in [0, 0.1) is 0 Å². The molecule has 0 spiro atoms. The second kappa shape index (κ2) is 12.8. The van der Waals surface area contributed by atoms with Crippen LogP contribution in [0.25, 0.3) is 0 Å². The molecule has 0 aromatic heterocycles. The molecule has 3 atom stereocenters. The van der Waals surface area contributed by atoms with Crippen LogP contribution >= 0.6 is 0 Å². The van der Waals surface area contributed by atoms with Crippen LogP contribution in [0.1, 0.15) is 49.1 Å². The fourth-order valence-corrected chi connectivity index (χ4v) is 7.31. The predicted octanol–water partition coefficient (Wildman–Crippen LogP) is 2.53. The number of amides is 1. The number of carbonyl (C=O) groups is 1. The molecule has 5 rings (SSSR count). The minimum Gasteiger partial charge on any atom is -0.480 e. The average molecular weight is 572 g/mol. The van der Waals surface area contributed by atoms with Crippen molar-refractivity contribution in [3.8, 4) is 5.75 Å². The number of carbonyl (C=O) groups excluding carboxylic acids is 1. The summed E-state index contributed by atoms with van der Waals surface area (Å²) in [5, 5.41) is 16.2. The largest absolute Gasteiger partial charge is 0.480 e. The summed E-state index contributed by atoms with van der Waals surface area (Å²) in [4.78, 5) is 15.4. The third-order valence-electron chi connectivity index (χ3n) is 8.12. The summed E-state index contributed by atoms with van der Waals surface area (Å²) in [6.45, 7) is 3.95. The van der Waals surface area contributed by atoms with Crippen LogP contribution in [0.2, 0.25) is 0 Å². The maximum absolute atomic E-state index is 13.1. The summed E-state index contributed by atoms with van der Waals surface area (Å²) >= 11 is 0. The van der Waals surface area contributed by atoms with E-state index in [1.165, 1.54) is 4.31 Å². The summed E-state index contributed by atoms with van der Waals surface area (Å²) in [5.41, 5.74) is 3.21. The lowest BCUT2D eigenvalue weighted by atomic mass is 9.92. The number of fused-ring (bicyclic) bond motifs is 1. The Balaban J connectivity index is 1.39. The van der Waals surface area contributed by atoms with Crippen LogP contribution in [0.15, 0.2) is 42.5 Å². The molecule has 2 aromatic rings. The monoisotopic (exact) mass is 571 g/mol. The molecular formula is C29H41N5O5S. The number of likely N-dealkylation sites (tertiary alicyclic amines) is 1. The van der Waals surface area contributed by atoms with Crippen LogP contribution in [0.3, 0.4) is 0 Å². The summed E-state index contributed by atoms with van der Waals surface area (Å²) < 4.78 is 36.7. The number of aliphatic hydroxyl groups excluding tert-OH is 1. The molecule has 3 aliphatic rings. The second-order valence-corrected chi connectivity index (χ2v) is 12.6. The SMILES string of the molecule is CNC(=O)C(CC(CN1CCC(O)C1)c1ccccc1)Oc1ccc(NS(=O)(=O)N2CCCC2)c2c1CCCN2. The Morgan fingerprint density at radius 2 is 1.90 bits per heavy atom. The lowest BCUT2D eigenvalue weighted by Crippen LogP contribution is -2.39. The molecule has 0 saturated carbocycles. The molecule has 1 amide bonds. The highest BCUT2D eigenvalue weighted by molar-refractivity contribution is 7.90. The van der Waals surface area contributed by atoms with E-state index in [1.807, 2.05) is 18.2 Å². The Morgan fingerprint density at radius 3 is 2.60 bits per heavy atom. The zero-order valence-corrected chi connectivity index (χ0v) is 24.0. The third-order valence-corrected chi connectivity index (χ3v) is 9.65. The van der Waals surface area contributed by atoms with Gasteiger partial charge in [0.1, 0.15) is 5.75 Å². The minimum absolute atomic E-state index is 0.0225. The first-order valence-corrected chi connectivity index (χ1v) is 15.8. The van der Waals surface area contributed by atoms with Gasteiger partial charge in [-0.05, 0) is 49.8 Å². The molecule has 0 aliphatic carbocycles.